The van der Waals surface area contributed by atoms with Gasteiger partial charge >= 0.3 is 0 Å². The van der Waals surface area contributed by atoms with Crippen LogP contribution in [0.25, 0.3) is 0 Å². The van der Waals surface area contributed by atoms with Gasteiger partial charge in [0.1, 0.15) is 11.9 Å². The lowest BCUT2D eigenvalue weighted by Crippen LogP contribution is -2.11. The van der Waals surface area contributed by atoms with Crippen molar-refractivity contribution in [2.45, 2.75) is 25.5 Å². The van der Waals surface area contributed by atoms with Gasteiger partial charge in [0.05, 0.1) is 6.04 Å². The van der Waals surface area contributed by atoms with Gasteiger partial charge in [0.2, 0.25) is 0 Å². The number of hydrogen-bond donors (Lipinski definition) is 1. The van der Waals surface area contributed by atoms with E-state index in [2.05, 4.69) is 13.0 Å². The van der Waals surface area contributed by atoms with Crippen LogP contribution in [0.1, 0.15) is 29.7 Å². The number of hydrogen-bond acceptors (Lipinski definition) is 2. The molecule has 0 fully saturated rings. The zero-order chi connectivity index (χ0) is 13.4. The maximum Gasteiger partial charge on any atom is 0.123 e. The molecule has 1 aliphatic rings. The third-order valence-corrected chi connectivity index (χ3v) is 3.72. The number of fused-ring (bicyclic) bond motifs is 1. The molecule has 0 saturated heterocycles. The molecule has 0 spiro atoms. The molecular weight excluding hydrogens is 258 g/mol. The lowest BCUT2D eigenvalue weighted by molar-refractivity contribution is 0.254. The summed E-state index contributed by atoms with van der Waals surface area (Å²) in [5.41, 5.74) is 9.68. The van der Waals surface area contributed by atoms with Crippen LogP contribution in [0.5, 0.6) is 5.75 Å². The van der Waals surface area contributed by atoms with E-state index in [1.165, 1.54) is 5.56 Å². The number of ether oxygens (including phenoxy) is 1. The zero-order valence-electron chi connectivity index (χ0n) is 10.8. The molecule has 2 N–H and O–H groups in total. The summed E-state index contributed by atoms with van der Waals surface area (Å²) in [4.78, 5) is 0. The molecule has 0 aromatic heterocycles. The Labute approximate surface area is 118 Å². The molecule has 0 saturated carbocycles. The summed E-state index contributed by atoms with van der Waals surface area (Å²) in [6.07, 6.45) is 1.21. The highest BCUT2D eigenvalue weighted by molar-refractivity contribution is 6.30. The zero-order valence-corrected chi connectivity index (χ0v) is 11.5. The summed E-state index contributed by atoms with van der Waals surface area (Å²) in [5.74, 6) is 0.981. The van der Waals surface area contributed by atoms with E-state index >= 15 is 0 Å². The first kappa shape index (κ1) is 12.5. The quantitative estimate of drug-likeness (QED) is 0.905. The van der Waals surface area contributed by atoms with Gasteiger partial charge in [0.25, 0.3) is 0 Å². The minimum Gasteiger partial charge on any atom is -0.490 e. The van der Waals surface area contributed by atoms with Crippen LogP contribution in [0.15, 0.2) is 42.5 Å². The number of benzene rings is 2. The van der Waals surface area contributed by atoms with Crippen LogP contribution in [0, 0.1) is 0 Å². The second-order valence-corrected chi connectivity index (χ2v) is 5.47. The Morgan fingerprint density at radius 2 is 2.00 bits per heavy atom. The summed E-state index contributed by atoms with van der Waals surface area (Å²) in [5, 5.41) is 0.714. The van der Waals surface area contributed by atoms with E-state index in [1.54, 1.807) is 0 Å². The fourth-order valence-corrected chi connectivity index (χ4v) is 2.73. The molecule has 0 amide bonds. The van der Waals surface area contributed by atoms with Gasteiger partial charge in [-0.05, 0) is 41.8 Å². The van der Waals surface area contributed by atoms with Crippen LogP contribution < -0.4 is 10.5 Å². The Kier molecular flexibility index (Phi) is 3.21. The predicted octanol–water partition coefficient (Wildman–Crippen LogP) is 3.71. The van der Waals surface area contributed by atoms with E-state index in [1.807, 2.05) is 36.4 Å². The SMILES string of the molecule is CC1Cc2cc(C(N)c3cccc(Cl)c3)ccc2O1. The molecule has 2 unspecified atom stereocenters. The standard InChI is InChI=1S/C16H16ClNO/c1-10-7-13-8-12(5-6-15(13)19-10)16(18)11-3-2-4-14(17)9-11/h2-6,8-10,16H,7,18H2,1H3. The van der Waals surface area contributed by atoms with Crippen molar-refractivity contribution in [1.29, 1.82) is 0 Å². The van der Waals surface area contributed by atoms with E-state index in [0.717, 1.165) is 23.3 Å². The maximum atomic E-state index is 6.31. The molecular formula is C16H16ClNO. The first-order valence-corrected chi connectivity index (χ1v) is 6.82. The maximum absolute atomic E-state index is 6.31. The Hall–Kier alpha value is -1.51. The molecule has 0 radical (unpaired) electrons. The molecule has 0 bridgehead atoms. The van der Waals surface area contributed by atoms with E-state index in [9.17, 15) is 0 Å². The summed E-state index contributed by atoms with van der Waals surface area (Å²) in [7, 11) is 0. The van der Waals surface area contributed by atoms with E-state index in [4.69, 9.17) is 22.1 Å². The summed E-state index contributed by atoms with van der Waals surface area (Å²) < 4.78 is 5.70. The highest BCUT2D eigenvalue weighted by Gasteiger charge is 2.20. The molecule has 3 rings (SSSR count). The molecule has 1 aliphatic heterocycles. The number of rotatable bonds is 2. The topological polar surface area (TPSA) is 35.2 Å². The van der Waals surface area contributed by atoms with Gasteiger partial charge in [0.15, 0.2) is 0 Å². The van der Waals surface area contributed by atoms with Gasteiger partial charge in [-0.1, -0.05) is 35.9 Å². The second kappa shape index (κ2) is 4.87. The van der Waals surface area contributed by atoms with Crippen molar-refractivity contribution in [1.82, 2.24) is 0 Å². The fraction of sp³-hybridized carbons (Fsp3) is 0.250. The smallest absolute Gasteiger partial charge is 0.123 e. The summed E-state index contributed by atoms with van der Waals surface area (Å²) in [6.45, 7) is 2.08. The van der Waals surface area contributed by atoms with Crippen LogP contribution in [0.2, 0.25) is 5.02 Å². The van der Waals surface area contributed by atoms with Gasteiger partial charge in [-0.25, -0.2) is 0 Å². The van der Waals surface area contributed by atoms with Crippen molar-refractivity contribution < 1.29 is 4.74 Å². The van der Waals surface area contributed by atoms with Crippen LogP contribution in [0.3, 0.4) is 0 Å². The largest absolute Gasteiger partial charge is 0.490 e. The van der Waals surface area contributed by atoms with Crippen LogP contribution in [0.4, 0.5) is 0 Å². The third kappa shape index (κ3) is 2.46. The Bertz CT molecular complexity index is 611. The van der Waals surface area contributed by atoms with Gasteiger partial charge < -0.3 is 10.5 Å². The van der Waals surface area contributed by atoms with Gasteiger partial charge in [-0.2, -0.15) is 0 Å². The van der Waals surface area contributed by atoms with Crippen molar-refractivity contribution in [3.05, 3.63) is 64.2 Å². The van der Waals surface area contributed by atoms with E-state index in [0.29, 0.717) is 5.02 Å². The average Bonchev–Trinajstić information content (AvgIpc) is 2.76. The predicted molar refractivity (Wildman–Crippen MR) is 77.7 cm³/mol. The highest BCUT2D eigenvalue weighted by Crippen LogP contribution is 2.32. The second-order valence-electron chi connectivity index (χ2n) is 5.03. The van der Waals surface area contributed by atoms with Crippen molar-refractivity contribution in [2.24, 2.45) is 5.73 Å². The van der Waals surface area contributed by atoms with Gasteiger partial charge in [0, 0.05) is 11.4 Å². The normalized spacial score (nSPS) is 18.8. The molecule has 1 heterocycles. The molecule has 3 heteroatoms. The van der Waals surface area contributed by atoms with Crippen LogP contribution in [-0.2, 0) is 6.42 Å². The van der Waals surface area contributed by atoms with Crippen LogP contribution >= 0.6 is 11.6 Å². The summed E-state index contributed by atoms with van der Waals surface area (Å²) >= 11 is 6.01. The molecule has 2 atom stereocenters. The fourth-order valence-electron chi connectivity index (χ4n) is 2.53. The third-order valence-electron chi connectivity index (χ3n) is 3.49. The monoisotopic (exact) mass is 273 g/mol. The number of halogens is 1. The van der Waals surface area contributed by atoms with Crippen molar-refractivity contribution in [3.8, 4) is 5.75 Å². The van der Waals surface area contributed by atoms with Gasteiger partial charge in [-0.15, -0.1) is 0 Å². The Balaban J connectivity index is 1.93. The first-order chi connectivity index (χ1) is 9.13. The molecule has 2 aromatic carbocycles. The first-order valence-electron chi connectivity index (χ1n) is 6.44. The van der Waals surface area contributed by atoms with Gasteiger partial charge in [-0.3, -0.25) is 0 Å². The van der Waals surface area contributed by atoms with E-state index < -0.39 is 0 Å². The Morgan fingerprint density at radius 1 is 1.21 bits per heavy atom. The minimum atomic E-state index is -0.153. The van der Waals surface area contributed by atoms with Crippen molar-refractivity contribution >= 4 is 11.6 Å². The average molecular weight is 274 g/mol. The Morgan fingerprint density at radius 3 is 2.79 bits per heavy atom. The lowest BCUT2D eigenvalue weighted by atomic mass is 9.97. The molecule has 98 valence electrons. The summed E-state index contributed by atoms with van der Waals surface area (Å²) in [6, 6.07) is 13.7. The molecule has 2 aromatic rings. The number of nitrogens with two attached hydrogens (primary N) is 1. The van der Waals surface area contributed by atoms with Crippen LogP contribution in [-0.4, -0.2) is 6.10 Å². The highest BCUT2D eigenvalue weighted by atomic mass is 35.5. The van der Waals surface area contributed by atoms with Crippen molar-refractivity contribution in [2.75, 3.05) is 0 Å². The minimum absolute atomic E-state index is 0.153. The molecule has 2 nitrogen and oxygen atoms in total. The lowest BCUT2D eigenvalue weighted by Gasteiger charge is -2.14. The molecule has 0 aliphatic carbocycles. The van der Waals surface area contributed by atoms with E-state index in [-0.39, 0.29) is 12.1 Å². The van der Waals surface area contributed by atoms with Crippen molar-refractivity contribution in [3.63, 3.8) is 0 Å². The molecule has 19 heavy (non-hydrogen) atoms.